The van der Waals surface area contributed by atoms with Crippen LogP contribution in [0.15, 0.2) is 54.7 Å². The number of halogens is 1. The lowest BCUT2D eigenvalue weighted by Gasteiger charge is -2.35. The maximum Gasteiger partial charge on any atom is 0.270 e. The minimum atomic E-state index is -0.00323. The maximum atomic E-state index is 12.9. The molecular formula is C21H18ClN5O. The lowest BCUT2D eigenvalue weighted by molar-refractivity contribution is 0.0741. The number of aromatic amines is 1. The third kappa shape index (κ3) is 2.96. The number of nitrogens with one attached hydrogen (secondary N) is 1. The standard InChI is InChI=1S/C21H18ClN5O/c22-15-5-3-4-14-12-18(25-20(14)15)21(28)27-10-8-26(9-11-27)19-13-23-16-6-1-2-7-17(16)24-19/h1-7,12-13,25H,8-11H2. The summed E-state index contributed by atoms with van der Waals surface area (Å²) in [6.45, 7) is 2.71. The summed E-state index contributed by atoms with van der Waals surface area (Å²) in [5, 5.41) is 1.57. The molecule has 0 atom stereocenters. The number of carbonyl (C=O) groups is 1. The average Bonchev–Trinajstić information content (AvgIpc) is 3.19. The molecule has 0 unspecified atom stereocenters. The summed E-state index contributed by atoms with van der Waals surface area (Å²) < 4.78 is 0. The van der Waals surface area contributed by atoms with E-state index in [-0.39, 0.29) is 5.91 Å². The molecule has 1 fully saturated rings. The van der Waals surface area contributed by atoms with Gasteiger partial charge in [-0.25, -0.2) is 4.98 Å². The molecular weight excluding hydrogens is 374 g/mol. The number of carbonyl (C=O) groups excluding carboxylic acids is 1. The van der Waals surface area contributed by atoms with Gasteiger partial charge in [0.1, 0.15) is 11.5 Å². The Morgan fingerprint density at radius 3 is 2.57 bits per heavy atom. The van der Waals surface area contributed by atoms with Crippen molar-refractivity contribution in [3.8, 4) is 0 Å². The summed E-state index contributed by atoms with van der Waals surface area (Å²) in [5.41, 5.74) is 3.14. The van der Waals surface area contributed by atoms with Gasteiger partial charge in [-0.1, -0.05) is 35.9 Å². The second-order valence-electron chi connectivity index (χ2n) is 6.88. The predicted molar refractivity (Wildman–Crippen MR) is 111 cm³/mol. The van der Waals surface area contributed by atoms with Gasteiger partial charge in [0.2, 0.25) is 0 Å². The first-order valence-corrected chi connectivity index (χ1v) is 9.60. The molecule has 0 spiro atoms. The molecule has 0 radical (unpaired) electrons. The number of para-hydroxylation sites is 3. The molecule has 7 heteroatoms. The number of rotatable bonds is 2. The van der Waals surface area contributed by atoms with Crippen molar-refractivity contribution in [2.24, 2.45) is 0 Å². The van der Waals surface area contributed by atoms with Gasteiger partial charge in [0.05, 0.1) is 27.8 Å². The molecule has 5 rings (SSSR count). The molecule has 0 bridgehead atoms. The van der Waals surface area contributed by atoms with E-state index in [2.05, 4.69) is 14.9 Å². The van der Waals surface area contributed by atoms with Crippen molar-refractivity contribution >= 4 is 45.3 Å². The third-order valence-electron chi connectivity index (χ3n) is 5.16. The van der Waals surface area contributed by atoms with Gasteiger partial charge >= 0.3 is 0 Å². The Balaban J connectivity index is 1.31. The second kappa shape index (κ2) is 6.80. The SMILES string of the molecule is O=C(c1cc2cccc(Cl)c2[nH]1)N1CCN(c2cnc3ccccc3n2)CC1. The fourth-order valence-corrected chi connectivity index (χ4v) is 3.87. The van der Waals surface area contributed by atoms with E-state index >= 15 is 0 Å². The number of hydrogen-bond acceptors (Lipinski definition) is 4. The molecule has 28 heavy (non-hydrogen) atoms. The minimum Gasteiger partial charge on any atom is -0.352 e. The first-order valence-electron chi connectivity index (χ1n) is 9.22. The smallest absolute Gasteiger partial charge is 0.270 e. The van der Waals surface area contributed by atoms with Gasteiger partial charge in [-0.2, -0.15) is 0 Å². The van der Waals surface area contributed by atoms with Gasteiger partial charge in [-0.15, -0.1) is 0 Å². The van der Waals surface area contributed by atoms with E-state index in [9.17, 15) is 4.79 Å². The van der Waals surface area contributed by atoms with E-state index in [1.165, 1.54) is 0 Å². The molecule has 0 saturated carbocycles. The third-order valence-corrected chi connectivity index (χ3v) is 5.48. The highest BCUT2D eigenvalue weighted by Crippen LogP contribution is 2.24. The molecule has 2 aromatic heterocycles. The van der Waals surface area contributed by atoms with E-state index < -0.39 is 0 Å². The Labute approximate surface area is 166 Å². The number of anilines is 1. The van der Waals surface area contributed by atoms with Crippen LogP contribution in [-0.4, -0.2) is 51.9 Å². The van der Waals surface area contributed by atoms with E-state index in [1.807, 2.05) is 53.4 Å². The fraction of sp³-hybridized carbons (Fsp3) is 0.190. The molecule has 1 N–H and O–H groups in total. The molecule has 0 aliphatic carbocycles. The highest BCUT2D eigenvalue weighted by molar-refractivity contribution is 6.35. The van der Waals surface area contributed by atoms with E-state index in [4.69, 9.17) is 16.6 Å². The zero-order valence-corrected chi connectivity index (χ0v) is 15.9. The normalized spacial score (nSPS) is 14.8. The monoisotopic (exact) mass is 391 g/mol. The zero-order chi connectivity index (χ0) is 19.1. The number of aromatic nitrogens is 3. The molecule has 3 heterocycles. The molecule has 1 amide bonds. The summed E-state index contributed by atoms with van der Waals surface area (Å²) in [4.78, 5) is 29.3. The molecule has 4 aromatic rings. The number of hydrogen-bond donors (Lipinski definition) is 1. The van der Waals surface area contributed by atoms with Gasteiger partial charge in [0.25, 0.3) is 5.91 Å². The number of H-pyrrole nitrogens is 1. The summed E-state index contributed by atoms with van der Waals surface area (Å²) in [6, 6.07) is 15.4. The van der Waals surface area contributed by atoms with Crippen molar-refractivity contribution in [2.45, 2.75) is 0 Å². The number of nitrogens with zero attached hydrogens (tertiary/aromatic N) is 4. The van der Waals surface area contributed by atoms with E-state index in [0.717, 1.165) is 40.8 Å². The van der Waals surface area contributed by atoms with Crippen molar-refractivity contribution in [1.82, 2.24) is 19.9 Å². The number of benzene rings is 2. The maximum absolute atomic E-state index is 12.9. The number of amides is 1. The van der Waals surface area contributed by atoms with E-state index in [1.54, 1.807) is 6.20 Å². The van der Waals surface area contributed by atoms with Crippen LogP contribution in [0.1, 0.15) is 10.5 Å². The molecule has 2 aromatic carbocycles. The minimum absolute atomic E-state index is 0.00323. The first-order chi connectivity index (χ1) is 13.7. The summed E-state index contributed by atoms with van der Waals surface area (Å²) >= 11 is 6.21. The zero-order valence-electron chi connectivity index (χ0n) is 15.1. The van der Waals surface area contributed by atoms with Crippen molar-refractivity contribution in [2.75, 3.05) is 31.1 Å². The van der Waals surface area contributed by atoms with Crippen molar-refractivity contribution < 1.29 is 4.79 Å². The van der Waals surface area contributed by atoms with Gasteiger partial charge < -0.3 is 14.8 Å². The molecule has 1 aliphatic heterocycles. The number of piperazine rings is 1. The molecule has 1 aliphatic rings. The van der Waals surface area contributed by atoms with Crippen molar-refractivity contribution in [3.05, 3.63) is 65.4 Å². The predicted octanol–water partition coefficient (Wildman–Crippen LogP) is 3.73. The van der Waals surface area contributed by atoms with Crippen LogP contribution in [0, 0.1) is 0 Å². The van der Waals surface area contributed by atoms with Crippen LogP contribution in [0.4, 0.5) is 5.82 Å². The number of fused-ring (bicyclic) bond motifs is 2. The summed E-state index contributed by atoms with van der Waals surface area (Å²) in [6.07, 6.45) is 1.81. The molecule has 6 nitrogen and oxygen atoms in total. The Hall–Kier alpha value is -3.12. The highest BCUT2D eigenvalue weighted by atomic mass is 35.5. The summed E-state index contributed by atoms with van der Waals surface area (Å²) in [7, 11) is 0. The van der Waals surface area contributed by atoms with Crippen LogP contribution in [0.2, 0.25) is 5.02 Å². The Bertz CT molecular complexity index is 1180. The van der Waals surface area contributed by atoms with Crippen LogP contribution in [0.3, 0.4) is 0 Å². The van der Waals surface area contributed by atoms with Crippen molar-refractivity contribution in [3.63, 3.8) is 0 Å². The average molecular weight is 392 g/mol. The lowest BCUT2D eigenvalue weighted by atomic mass is 10.2. The van der Waals surface area contributed by atoms with Crippen LogP contribution >= 0.6 is 11.6 Å². The molecule has 1 saturated heterocycles. The fourth-order valence-electron chi connectivity index (χ4n) is 3.64. The van der Waals surface area contributed by atoms with Gasteiger partial charge in [-0.3, -0.25) is 9.78 Å². The van der Waals surface area contributed by atoms with Gasteiger partial charge in [0, 0.05) is 31.6 Å². The Kier molecular flexibility index (Phi) is 4.13. The van der Waals surface area contributed by atoms with E-state index in [0.29, 0.717) is 23.8 Å². The first kappa shape index (κ1) is 17.0. The van der Waals surface area contributed by atoms with Crippen LogP contribution < -0.4 is 4.90 Å². The quantitative estimate of drug-likeness (QED) is 0.565. The van der Waals surface area contributed by atoms with Gasteiger partial charge in [-0.05, 0) is 24.3 Å². The van der Waals surface area contributed by atoms with Crippen molar-refractivity contribution in [1.29, 1.82) is 0 Å². The lowest BCUT2D eigenvalue weighted by Crippen LogP contribution is -2.49. The van der Waals surface area contributed by atoms with Crippen LogP contribution in [0.25, 0.3) is 21.9 Å². The highest BCUT2D eigenvalue weighted by Gasteiger charge is 2.24. The van der Waals surface area contributed by atoms with Gasteiger partial charge in [0.15, 0.2) is 0 Å². The van der Waals surface area contributed by atoms with Crippen LogP contribution in [-0.2, 0) is 0 Å². The summed E-state index contributed by atoms with van der Waals surface area (Å²) in [5.74, 6) is 0.847. The Morgan fingerprint density at radius 2 is 1.79 bits per heavy atom. The van der Waals surface area contributed by atoms with Crippen LogP contribution in [0.5, 0.6) is 0 Å². The second-order valence-corrected chi connectivity index (χ2v) is 7.29. The largest absolute Gasteiger partial charge is 0.352 e. The Morgan fingerprint density at radius 1 is 1.00 bits per heavy atom. The topological polar surface area (TPSA) is 65.1 Å². The molecule has 140 valence electrons.